The molecular weight excluding hydrogens is 504 g/mol. The van der Waals surface area contributed by atoms with Crippen molar-refractivity contribution in [2.24, 2.45) is 10.8 Å². The van der Waals surface area contributed by atoms with Crippen molar-refractivity contribution in [3.63, 3.8) is 0 Å². The predicted octanol–water partition coefficient (Wildman–Crippen LogP) is 5.13. The van der Waals surface area contributed by atoms with E-state index < -0.39 is 0 Å². The topological polar surface area (TPSA) is 17.1 Å². The molecule has 0 amide bonds. The molecule has 0 heterocycles. The van der Waals surface area contributed by atoms with Crippen LogP contribution in [0.1, 0.15) is 32.1 Å². The van der Waals surface area contributed by atoms with Crippen LogP contribution in [-0.4, -0.2) is 25.1 Å². The zero-order valence-electron chi connectivity index (χ0n) is 10.4. The van der Waals surface area contributed by atoms with Crippen LogP contribution >= 0.6 is 63.7 Å². The Morgan fingerprint density at radius 1 is 0.895 bits per heavy atom. The van der Waals surface area contributed by atoms with Gasteiger partial charge < -0.3 is 0 Å². The van der Waals surface area contributed by atoms with Gasteiger partial charge in [-0.05, 0) is 42.6 Å². The van der Waals surface area contributed by atoms with Gasteiger partial charge in [0.1, 0.15) is 0 Å². The number of halogens is 4. The molecule has 0 aliphatic heterocycles. The molecule has 0 radical (unpaired) electrons. The third kappa shape index (κ3) is 2.39. The van der Waals surface area contributed by atoms with Gasteiger partial charge in [0.2, 0.25) is 0 Å². The number of carbonyl (C=O) groups is 1. The van der Waals surface area contributed by atoms with Gasteiger partial charge in [0, 0.05) is 25.7 Å². The third-order valence-corrected chi connectivity index (χ3v) is 10.5. The van der Waals surface area contributed by atoms with E-state index in [0.717, 1.165) is 25.7 Å². The third-order valence-electron chi connectivity index (χ3n) is 5.23. The molecule has 6 atom stereocenters. The van der Waals surface area contributed by atoms with Crippen molar-refractivity contribution < 1.29 is 4.79 Å². The first-order chi connectivity index (χ1) is 8.87. The van der Waals surface area contributed by atoms with Gasteiger partial charge in [-0.3, -0.25) is 4.79 Å². The van der Waals surface area contributed by atoms with Gasteiger partial charge in [0.05, 0.1) is 0 Å². The summed E-state index contributed by atoms with van der Waals surface area (Å²) in [6.07, 6.45) is 9.19. The second kappa shape index (κ2) is 5.20. The molecule has 106 valence electrons. The summed E-state index contributed by atoms with van der Waals surface area (Å²) in [5, 5.41) is 0. The normalized spacial score (nSPS) is 53.6. The summed E-state index contributed by atoms with van der Waals surface area (Å²) in [6, 6.07) is 0. The largest absolute Gasteiger partial charge is 0.295 e. The highest BCUT2D eigenvalue weighted by molar-refractivity contribution is 9.12. The van der Waals surface area contributed by atoms with Crippen molar-refractivity contribution in [2.45, 2.75) is 51.4 Å². The molecule has 0 aromatic rings. The van der Waals surface area contributed by atoms with Gasteiger partial charge in [-0.2, -0.15) is 0 Å². The number of ketones is 1. The summed E-state index contributed by atoms with van der Waals surface area (Å²) >= 11 is 15.3. The lowest BCUT2D eigenvalue weighted by molar-refractivity contribution is -0.123. The fourth-order valence-electron chi connectivity index (χ4n) is 4.24. The van der Waals surface area contributed by atoms with Gasteiger partial charge in [0.15, 0.2) is 5.78 Å². The summed E-state index contributed by atoms with van der Waals surface area (Å²) in [7, 11) is 0. The minimum atomic E-state index is 0.135. The molecule has 0 bridgehead atoms. The van der Waals surface area contributed by atoms with E-state index in [-0.39, 0.29) is 10.8 Å². The average Bonchev–Trinajstić information content (AvgIpc) is 2.31. The van der Waals surface area contributed by atoms with Crippen LogP contribution in [0.4, 0.5) is 0 Å². The Hall–Kier alpha value is 1.33. The smallest absolute Gasteiger partial charge is 0.155 e. The summed E-state index contributed by atoms with van der Waals surface area (Å²) in [5.74, 6) is 0.302. The lowest BCUT2D eigenvalue weighted by atomic mass is 9.47. The van der Waals surface area contributed by atoms with E-state index in [1.165, 1.54) is 0 Å². The monoisotopic (exact) mass is 516 g/mol. The highest BCUT2D eigenvalue weighted by Crippen LogP contribution is 2.66. The number of rotatable bonds is 0. The van der Waals surface area contributed by atoms with E-state index in [0.29, 0.717) is 31.5 Å². The minimum absolute atomic E-state index is 0.135. The average molecular weight is 520 g/mol. The molecule has 2 unspecified atom stereocenters. The Labute approximate surface area is 147 Å². The molecule has 0 aromatic heterocycles. The minimum Gasteiger partial charge on any atom is -0.295 e. The molecule has 1 nitrogen and oxygen atoms in total. The number of carbonyl (C=O) groups excluding carboxylic acids is 1. The fourth-order valence-corrected chi connectivity index (χ4v) is 7.38. The second-order valence-electron chi connectivity index (χ2n) is 6.29. The standard InChI is InChI=1S/C14H16Br4O/c15-9-4-13-2-1-8(19)3-14(13,6-11(9)17)7-12(18)10(16)5-13/h1-2,9-12H,3-7H2/t9-,10+,11+,12-,13?,14?. The van der Waals surface area contributed by atoms with E-state index in [1.54, 1.807) is 0 Å². The highest BCUT2D eigenvalue weighted by atomic mass is 79.9. The highest BCUT2D eigenvalue weighted by Gasteiger charge is 2.60. The van der Waals surface area contributed by atoms with E-state index >= 15 is 0 Å². The lowest BCUT2D eigenvalue weighted by Gasteiger charge is -2.61. The van der Waals surface area contributed by atoms with Gasteiger partial charge in [-0.25, -0.2) is 0 Å². The van der Waals surface area contributed by atoms with E-state index in [2.05, 4.69) is 69.8 Å². The lowest BCUT2D eigenvalue weighted by Crippen LogP contribution is -2.58. The quantitative estimate of drug-likeness (QED) is 0.406. The van der Waals surface area contributed by atoms with Crippen LogP contribution in [0.25, 0.3) is 0 Å². The molecule has 0 N–H and O–H groups in total. The second-order valence-corrected chi connectivity index (χ2v) is 11.0. The zero-order chi connectivity index (χ0) is 13.8. The maximum Gasteiger partial charge on any atom is 0.155 e. The molecular formula is C14H16Br4O. The van der Waals surface area contributed by atoms with Crippen LogP contribution in [-0.2, 0) is 4.79 Å². The summed E-state index contributed by atoms with van der Waals surface area (Å²) in [5.41, 5.74) is 0.313. The van der Waals surface area contributed by atoms with Crippen LogP contribution in [0.15, 0.2) is 12.2 Å². The van der Waals surface area contributed by atoms with Crippen LogP contribution in [0.5, 0.6) is 0 Å². The Morgan fingerprint density at radius 2 is 1.37 bits per heavy atom. The zero-order valence-corrected chi connectivity index (χ0v) is 16.8. The van der Waals surface area contributed by atoms with Crippen LogP contribution in [0.3, 0.4) is 0 Å². The Bertz CT molecular complexity index is 413. The fraction of sp³-hybridized carbons (Fsp3) is 0.786. The molecule has 0 saturated heterocycles. The van der Waals surface area contributed by atoms with Crippen LogP contribution in [0.2, 0.25) is 0 Å². The van der Waals surface area contributed by atoms with Crippen molar-refractivity contribution in [3.05, 3.63) is 12.2 Å². The predicted molar refractivity (Wildman–Crippen MR) is 93.0 cm³/mol. The van der Waals surface area contributed by atoms with E-state index in [4.69, 9.17) is 0 Å². The van der Waals surface area contributed by atoms with Gasteiger partial charge in [-0.15, -0.1) is 0 Å². The maximum absolute atomic E-state index is 12.0. The van der Waals surface area contributed by atoms with Crippen molar-refractivity contribution in [1.29, 1.82) is 0 Å². The van der Waals surface area contributed by atoms with E-state index in [1.807, 2.05) is 6.08 Å². The number of allylic oxidation sites excluding steroid dienone is 2. The van der Waals surface area contributed by atoms with Crippen LogP contribution < -0.4 is 0 Å². The van der Waals surface area contributed by atoms with Crippen LogP contribution in [0, 0.1) is 10.8 Å². The molecule has 5 heteroatoms. The maximum atomic E-state index is 12.0. The van der Waals surface area contributed by atoms with Gasteiger partial charge in [-0.1, -0.05) is 69.8 Å². The first-order valence-corrected chi connectivity index (χ1v) is 10.3. The van der Waals surface area contributed by atoms with Gasteiger partial charge in [0.25, 0.3) is 0 Å². The number of alkyl halides is 4. The number of hydrogen-bond acceptors (Lipinski definition) is 1. The molecule has 3 aliphatic carbocycles. The van der Waals surface area contributed by atoms with Crippen molar-refractivity contribution >= 4 is 69.5 Å². The molecule has 2 saturated carbocycles. The van der Waals surface area contributed by atoms with Crippen molar-refractivity contribution in [1.82, 2.24) is 0 Å². The van der Waals surface area contributed by atoms with E-state index in [9.17, 15) is 4.79 Å². The number of hydrogen-bond donors (Lipinski definition) is 0. The molecule has 0 aromatic carbocycles. The molecule has 0 spiro atoms. The van der Waals surface area contributed by atoms with Crippen molar-refractivity contribution in [2.75, 3.05) is 0 Å². The molecule has 2 fully saturated rings. The molecule has 19 heavy (non-hydrogen) atoms. The summed E-state index contributed by atoms with van der Waals surface area (Å²) in [6.45, 7) is 0. The van der Waals surface area contributed by atoms with Crippen molar-refractivity contribution in [3.8, 4) is 0 Å². The first kappa shape index (κ1) is 15.2. The first-order valence-electron chi connectivity index (χ1n) is 6.66. The SMILES string of the molecule is O=C1C=CC23C[C@@H](Br)[C@@H](Br)CC2(C1)C[C@@H](Br)[C@@H](Br)C3. The molecule has 3 rings (SSSR count). The summed E-state index contributed by atoms with van der Waals surface area (Å²) < 4.78 is 0. The Kier molecular flexibility index (Phi) is 4.17. The molecule has 3 aliphatic rings. The Balaban J connectivity index is 2.06. The summed E-state index contributed by atoms with van der Waals surface area (Å²) in [4.78, 5) is 13.9. The Morgan fingerprint density at radius 3 is 1.89 bits per heavy atom. The van der Waals surface area contributed by atoms with Gasteiger partial charge >= 0.3 is 0 Å².